The van der Waals surface area contributed by atoms with Crippen LogP contribution in [0.5, 0.6) is 0 Å². The van der Waals surface area contributed by atoms with Crippen LogP contribution in [-0.2, 0) is 6.42 Å². The van der Waals surface area contributed by atoms with Gasteiger partial charge in [0.15, 0.2) is 0 Å². The number of rotatable bonds is 5. The molecule has 0 fully saturated rings. The van der Waals surface area contributed by atoms with Gasteiger partial charge in [0.2, 0.25) is 17.8 Å². The van der Waals surface area contributed by atoms with Gasteiger partial charge in [0.25, 0.3) is 0 Å². The third-order valence-corrected chi connectivity index (χ3v) is 3.42. The molecule has 0 radical (unpaired) electrons. The summed E-state index contributed by atoms with van der Waals surface area (Å²) in [5.41, 5.74) is 5.64. The van der Waals surface area contributed by atoms with Gasteiger partial charge < -0.3 is 16.0 Å². The van der Waals surface area contributed by atoms with Gasteiger partial charge in [0, 0.05) is 25.5 Å². The number of nitrogens with one attached hydrogen (secondary N) is 1. The lowest BCUT2D eigenvalue weighted by atomic mass is 10.3. The Hall–Kier alpha value is -1.89. The summed E-state index contributed by atoms with van der Waals surface area (Å²) >= 11 is 1.75. The summed E-state index contributed by atoms with van der Waals surface area (Å²) in [7, 11) is 3.70. The Kier molecular flexibility index (Phi) is 3.93. The Morgan fingerprint density at radius 3 is 2.89 bits per heavy atom. The predicted octanol–water partition coefficient (Wildman–Crippen LogP) is 1.24. The zero-order valence-corrected chi connectivity index (χ0v) is 11.2. The van der Waals surface area contributed by atoms with Gasteiger partial charge in [-0.3, -0.25) is 0 Å². The SMILES string of the molecule is CNc1nc(N)nc(N(C)CCc2cccs2)n1. The van der Waals surface area contributed by atoms with Crippen LogP contribution in [0, 0.1) is 0 Å². The van der Waals surface area contributed by atoms with E-state index in [1.165, 1.54) is 4.88 Å². The molecule has 0 aliphatic carbocycles. The van der Waals surface area contributed by atoms with E-state index in [1.54, 1.807) is 18.4 Å². The molecule has 7 heteroatoms. The number of aromatic nitrogens is 3. The van der Waals surface area contributed by atoms with E-state index in [4.69, 9.17) is 5.73 Å². The van der Waals surface area contributed by atoms with Crippen LogP contribution < -0.4 is 16.0 Å². The molecule has 0 bridgehead atoms. The van der Waals surface area contributed by atoms with Gasteiger partial charge in [-0.25, -0.2) is 0 Å². The summed E-state index contributed by atoms with van der Waals surface area (Å²) in [4.78, 5) is 15.7. The molecule has 0 spiro atoms. The van der Waals surface area contributed by atoms with Crippen LogP contribution in [0.3, 0.4) is 0 Å². The number of anilines is 3. The van der Waals surface area contributed by atoms with E-state index >= 15 is 0 Å². The molecule has 96 valence electrons. The number of nitrogens with two attached hydrogens (primary N) is 1. The molecule has 18 heavy (non-hydrogen) atoms. The summed E-state index contributed by atoms with van der Waals surface area (Å²) in [6.07, 6.45) is 0.967. The smallest absolute Gasteiger partial charge is 0.231 e. The Bertz CT molecular complexity index is 498. The van der Waals surface area contributed by atoms with E-state index in [9.17, 15) is 0 Å². The molecule has 0 unspecified atom stereocenters. The molecular weight excluding hydrogens is 248 g/mol. The molecule has 0 aromatic carbocycles. The van der Waals surface area contributed by atoms with Crippen molar-refractivity contribution in [1.82, 2.24) is 15.0 Å². The van der Waals surface area contributed by atoms with Crippen molar-refractivity contribution in [3.05, 3.63) is 22.4 Å². The van der Waals surface area contributed by atoms with Crippen LogP contribution >= 0.6 is 11.3 Å². The number of hydrogen-bond acceptors (Lipinski definition) is 7. The topological polar surface area (TPSA) is 80.0 Å². The number of likely N-dealkylation sites (N-methyl/N-ethyl adjacent to an activating group) is 1. The fourth-order valence-electron chi connectivity index (χ4n) is 1.50. The van der Waals surface area contributed by atoms with Crippen molar-refractivity contribution >= 4 is 29.2 Å². The van der Waals surface area contributed by atoms with Crippen LogP contribution in [0.4, 0.5) is 17.8 Å². The lowest BCUT2D eigenvalue weighted by Crippen LogP contribution is -2.23. The van der Waals surface area contributed by atoms with Gasteiger partial charge in [-0.2, -0.15) is 15.0 Å². The predicted molar refractivity (Wildman–Crippen MR) is 75.1 cm³/mol. The van der Waals surface area contributed by atoms with Gasteiger partial charge in [0.05, 0.1) is 0 Å². The quantitative estimate of drug-likeness (QED) is 0.845. The second kappa shape index (κ2) is 5.63. The maximum absolute atomic E-state index is 5.64. The normalized spacial score (nSPS) is 10.3. The number of nitrogens with zero attached hydrogens (tertiary/aromatic N) is 4. The van der Waals surface area contributed by atoms with Gasteiger partial charge in [-0.15, -0.1) is 11.3 Å². The van der Waals surface area contributed by atoms with E-state index < -0.39 is 0 Å². The van der Waals surface area contributed by atoms with Crippen molar-refractivity contribution < 1.29 is 0 Å². The van der Waals surface area contributed by atoms with Crippen molar-refractivity contribution in [3.8, 4) is 0 Å². The molecule has 2 aromatic rings. The van der Waals surface area contributed by atoms with Crippen LogP contribution in [0.15, 0.2) is 17.5 Å². The minimum atomic E-state index is 0.229. The van der Waals surface area contributed by atoms with Crippen LogP contribution in [0.2, 0.25) is 0 Å². The monoisotopic (exact) mass is 264 g/mol. The summed E-state index contributed by atoms with van der Waals surface area (Å²) in [6, 6.07) is 4.18. The number of thiophene rings is 1. The summed E-state index contributed by atoms with van der Waals surface area (Å²) in [6.45, 7) is 0.840. The van der Waals surface area contributed by atoms with Gasteiger partial charge in [0.1, 0.15) is 0 Å². The third-order valence-electron chi connectivity index (χ3n) is 2.48. The van der Waals surface area contributed by atoms with Crippen molar-refractivity contribution in [1.29, 1.82) is 0 Å². The zero-order valence-electron chi connectivity index (χ0n) is 10.4. The lowest BCUT2D eigenvalue weighted by molar-refractivity contribution is 0.839. The van der Waals surface area contributed by atoms with E-state index in [0.717, 1.165) is 13.0 Å². The fourth-order valence-corrected chi connectivity index (χ4v) is 2.19. The van der Waals surface area contributed by atoms with Gasteiger partial charge in [-0.1, -0.05) is 6.07 Å². The average molecular weight is 264 g/mol. The van der Waals surface area contributed by atoms with Crippen molar-refractivity contribution in [2.75, 3.05) is 36.6 Å². The minimum absolute atomic E-state index is 0.229. The highest BCUT2D eigenvalue weighted by Gasteiger charge is 2.08. The number of nitrogen functional groups attached to an aromatic ring is 1. The van der Waals surface area contributed by atoms with E-state index in [2.05, 4.69) is 37.8 Å². The molecule has 0 aliphatic heterocycles. The molecule has 2 aromatic heterocycles. The van der Waals surface area contributed by atoms with Crippen molar-refractivity contribution in [2.45, 2.75) is 6.42 Å². The van der Waals surface area contributed by atoms with E-state index in [1.807, 2.05) is 11.9 Å². The molecule has 2 rings (SSSR count). The third kappa shape index (κ3) is 3.07. The Labute approximate surface area is 110 Å². The zero-order chi connectivity index (χ0) is 13.0. The van der Waals surface area contributed by atoms with Crippen molar-refractivity contribution in [2.24, 2.45) is 0 Å². The first kappa shape index (κ1) is 12.6. The number of hydrogen-bond donors (Lipinski definition) is 2. The first-order valence-corrected chi connectivity index (χ1v) is 6.50. The summed E-state index contributed by atoms with van der Waals surface area (Å²) in [5.74, 6) is 1.30. The standard InChI is InChI=1S/C11H16N6S/c1-13-10-14-9(12)15-11(16-10)17(2)6-5-8-4-3-7-18-8/h3-4,7H,5-6H2,1-2H3,(H3,12,13,14,15,16). The van der Waals surface area contributed by atoms with Gasteiger partial charge in [-0.05, 0) is 17.9 Å². The second-order valence-corrected chi connectivity index (χ2v) is 4.85. The first-order chi connectivity index (χ1) is 8.69. The van der Waals surface area contributed by atoms with Gasteiger partial charge >= 0.3 is 0 Å². The Morgan fingerprint density at radius 1 is 1.39 bits per heavy atom. The first-order valence-electron chi connectivity index (χ1n) is 5.62. The molecule has 0 amide bonds. The van der Waals surface area contributed by atoms with Crippen molar-refractivity contribution in [3.63, 3.8) is 0 Å². The van der Waals surface area contributed by atoms with Crippen LogP contribution in [-0.4, -0.2) is 35.6 Å². The molecule has 0 aliphatic rings. The Balaban J connectivity index is 2.03. The molecule has 6 nitrogen and oxygen atoms in total. The molecule has 0 atom stereocenters. The summed E-state index contributed by atoms with van der Waals surface area (Å²) < 4.78 is 0. The maximum atomic E-state index is 5.64. The van der Waals surface area contributed by atoms with E-state index in [-0.39, 0.29) is 5.95 Å². The fraction of sp³-hybridized carbons (Fsp3) is 0.364. The highest BCUT2D eigenvalue weighted by atomic mass is 32.1. The molecule has 0 saturated heterocycles. The molecular formula is C11H16N6S. The molecule has 0 saturated carbocycles. The largest absolute Gasteiger partial charge is 0.368 e. The molecule has 3 N–H and O–H groups in total. The van der Waals surface area contributed by atoms with E-state index in [0.29, 0.717) is 11.9 Å². The highest BCUT2D eigenvalue weighted by molar-refractivity contribution is 7.09. The Morgan fingerprint density at radius 2 is 2.22 bits per heavy atom. The lowest BCUT2D eigenvalue weighted by Gasteiger charge is -2.17. The maximum Gasteiger partial charge on any atom is 0.231 e. The van der Waals surface area contributed by atoms with Crippen LogP contribution in [0.25, 0.3) is 0 Å². The summed E-state index contributed by atoms with van der Waals surface area (Å²) in [5, 5.41) is 4.94. The average Bonchev–Trinajstić information content (AvgIpc) is 2.88. The molecule has 2 heterocycles. The van der Waals surface area contributed by atoms with Crippen LogP contribution in [0.1, 0.15) is 4.88 Å². The second-order valence-electron chi connectivity index (χ2n) is 3.82. The highest BCUT2D eigenvalue weighted by Crippen LogP contribution is 2.13. The minimum Gasteiger partial charge on any atom is -0.368 e.